The van der Waals surface area contributed by atoms with Crippen LogP contribution in [0.15, 0.2) is 97.2 Å². The minimum absolute atomic E-state index is 0.0926. The largest absolute Gasteiger partial charge is 0.472 e. The highest BCUT2D eigenvalue weighted by atomic mass is 31.2. The van der Waals surface area contributed by atoms with Crippen molar-refractivity contribution in [1.82, 2.24) is 0 Å². The van der Waals surface area contributed by atoms with Gasteiger partial charge in [-0.1, -0.05) is 266 Å². The average molecular weight is 1350 g/mol. The zero-order valence-electron chi connectivity index (χ0n) is 58.4. The van der Waals surface area contributed by atoms with Gasteiger partial charge < -0.3 is 34.2 Å². The number of allylic oxidation sites excluding steroid dienone is 16. The van der Waals surface area contributed by atoms with Gasteiger partial charge in [0.2, 0.25) is 0 Å². The Labute approximate surface area is 565 Å². The molecule has 4 N–H and O–H groups in total. The van der Waals surface area contributed by atoms with E-state index in [4.69, 9.17) is 32.3 Å². The molecule has 0 saturated carbocycles. The molecule has 0 spiro atoms. The molecule has 18 heteroatoms. The van der Waals surface area contributed by atoms with Crippen molar-refractivity contribution in [2.45, 2.75) is 322 Å². The molecule has 0 bridgehead atoms. The molecule has 0 fully saturated rings. The monoisotopic (exact) mass is 1350 g/mol. The normalized spacial score (nSPS) is 14.7. The first kappa shape index (κ1) is 89.5. The summed E-state index contributed by atoms with van der Waals surface area (Å²) in [5.74, 6) is -1.60. The van der Waals surface area contributed by atoms with Crippen molar-refractivity contribution in [1.29, 1.82) is 0 Å². The van der Waals surface area contributed by atoms with Crippen LogP contribution < -0.4 is 0 Å². The van der Waals surface area contributed by atoms with Crippen molar-refractivity contribution in [3.63, 3.8) is 0 Å². The minimum atomic E-state index is -4.92. The molecule has 0 aromatic carbocycles. The Morgan fingerprint density at radius 1 is 0.312 bits per heavy atom. The van der Waals surface area contributed by atoms with Crippen LogP contribution in [0.25, 0.3) is 0 Å². The first-order valence-corrected chi connectivity index (χ1v) is 39.5. The van der Waals surface area contributed by atoms with E-state index in [0.29, 0.717) is 19.3 Å². The number of phosphoric acid groups is 2. The molecule has 93 heavy (non-hydrogen) atoms. The highest BCUT2D eigenvalue weighted by Gasteiger charge is 2.29. The summed E-state index contributed by atoms with van der Waals surface area (Å²) in [6, 6.07) is 0. The maximum Gasteiger partial charge on any atom is 0.472 e. The Balaban J connectivity index is 4.37. The highest BCUT2D eigenvalue weighted by Crippen LogP contribution is 2.45. The lowest BCUT2D eigenvalue weighted by molar-refractivity contribution is -0.161. The van der Waals surface area contributed by atoms with Crippen LogP contribution in [0.3, 0.4) is 0 Å². The van der Waals surface area contributed by atoms with E-state index >= 15 is 0 Å². The Morgan fingerprint density at radius 2 is 0.591 bits per heavy atom. The standard InChI is InChI=1S/C75H132O16P2/c1-4-7-10-13-16-19-22-25-26-27-28-29-30-31-32-33-34-35-36-37-38-39-40-41-42-45-47-49-52-55-58-61-73(78)85-64-70(76)65-87-92(81,82)88-66-71(77)67-89-93(83,84)90-69-72(91-75(80)63-60-57-54-51-48-44-24-21-18-15-12-9-6-3)68-86-74(79)62-59-56-53-50-46-43-23-20-17-14-11-8-5-2/h7,10-11,14,16,19-21,23-26,28-29,31-32,70-72,76-77H,4-6,8-9,12-13,15,17-18,22,27,30,33-69H2,1-3H3,(H,81,82)(H,83,84)/b10-7-,14-11-,19-16-,23-20-,24-21-,26-25-,29-28-,32-31-. The number of hydrogen-bond donors (Lipinski definition) is 4. The van der Waals surface area contributed by atoms with Crippen LogP contribution in [-0.4, -0.2) is 95.9 Å². The van der Waals surface area contributed by atoms with Crippen LogP contribution in [0, 0.1) is 0 Å². The van der Waals surface area contributed by atoms with Gasteiger partial charge in [0.1, 0.15) is 25.4 Å². The SMILES string of the molecule is CC/C=C\C/C=C\C/C=C\C/C=C\C/C=C\CCCCCCCCCCCCCCCCCC(=O)OCC(O)COP(=O)(O)OCC(O)COP(=O)(O)OCC(COC(=O)CCCCCCC/C=C\C/C=C\CCC)OC(=O)CCCCCCC/C=C\CCCCCC. The van der Waals surface area contributed by atoms with E-state index in [-0.39, 0.29) is 19.3 Å². The van der Waals surface area contributed by atoms with Crippen molar-refractivity contribution < 1.29 is 75.8 Å². The molecule has 5 unspecified atom stereocenters. The van der Waals surface area contributed by atoms with Gasteiger partial charge in [-0.05, 0) is 116 Å². The number of carbonyl (C=O) groups is 3. The van der Waals surface area contributed by atoms with Crippen LogP contribution in [0.4, 0.5) is 0 Å². The zero-order chi connectivity index (χ0) is 68.1. The van der Waals surface area contributed by atoms with E-state index in [1.54, 1.807) is 0 Å². The van der Waals surface area contributed by atoms with Crippen molar-refractivity contribution in [3.8, 4) is 0 Å². The Hall–Kier alpha value is -3.53. The summed E-state index contributed by atoms with van der Waals surface area (Å²) < 4.78 is 60.9. The van der Waals surface area contributed by atoms with E-state index in [1.807, 2.05) is 0 Å². The summed E-state index contributed by atoms with van der Waals surface area (Å²) in [7, 11) is -9.77. The Morgan fingerprint density at radius 3 is 0.957 bits per heavy atom. The number of phosphoric ester groups is 2. The number of rotatable bonds is 69. The Bertz CT molecular complexity index is 2080. The lowest BCUT2D eigenvalue weighted by Crippen LogP contribution is -2.30. The molecule has 0 saturated heterocycles. The fourth-order valence-corrected chi connectivity index (χ4v) is 11.3. The first-order chi connectivity index (χ1) is 45.2. The molecule has 5 atom stereocenters. The average Bonchev–Trinajstić information content (AvgIpc) is 3.55. The number of esters is 3. The molecule has 0 aliphatic carbocycles. The van der Waals surface area contributed by atoms with Gasteiger partial charge in [0.15, 0.2) is 6.10 Å². The molecule has 0 heterocycles. The fourth-order valence-electron chi connectivity index (χ4n) is 9.69. The zero-order valence-corrected chi connectivity index (χ0v) is 60.2. The van der Waals surface area contributed by atoms with E-state index in [2.05, 4.69) is 118 Å². The topological polar surface area (TPSA) is 231 Å². The van der Waals surface area contributed by atoms with Crippen LogP contribution in [-0.2, 0) is 55.8 Å². The van der Waals surface area contributed by atoms with Gasteiger partial charge in [-0.25, -0.2) is 9.13 Å². The fraction of sp³-hybridized carbons (Fsp3) is 0.747. The van der Waals surface area contributed by atoms with Gasteiger partial charge in [-0.15, -0.1) is 0 Å². The summed E-state index contributed by atoms with van der Waals surface area (Å²) in [6.45, 7) is 2.46. The molecule has 0 rings (SSSR count). The predicted octanol–water partition coefficient (Wildman–Crippen LogP) is 20.6. The molecule has 538 valence electrons. The van der Waals surface area contributed by atoms with Gasteiger partial charge in [0.05, 0.1) is 26.4 Å². The second-order valence-electron chi connectivity index (χ2n) is 24.4. The molecular formula is C75H132O16P2. The third-order valence-electron chi connectivity index (χ3n) is 15.2. The summed E-state index contributed by atoms with van der Waals surface area (Å²) in [5, 5.41) is 20.6. The van der Waals surface area contributed by atoms with E-state index < -0.39 is 91.5 Å². The van der Waals surface area contributed by atoms with E-state index in [0.717, 1.165) is 141 Å². The van der Waals surface area contributed by atoms with Gasteiger partial charge in [-0.3, -0.25) is 32.5 Å². The number of ether oxygens (including phenoxy) is 3. The number of aliphatic hydroxyl groups excluding tert-OH is 2. The highest BCUT2D eigenvalue weighted by molar-refractivity contribution is 7.47. The van der Waals surface area contributed by atoms with Crippen molar-refractivity contribution in [2.75, 3.05) is 39.6 Å². The van der Waals surface area contributed by atoms with Crippen molar-refractivity contribution in [3.05, 3.63) is 97.2 Å². The summed E-state index contributed by atoms with van der Waals surface area (Å²) in [5.41, 5.74) is 0. The lowest BCUT2D eigenvalue weighted by Gasteiger charge is -2.21. The van der Waals surface area contributed by atoms with Gasteiger partial charge in [0.25, 0.3) is 0 Å². The van der Waals surface area contributed by atoms with E-state index in [9.17, 15) is 43.5 Å². The van der Waals surface area contributed by atoms with Crippen LogP contribution in [0.1, 0.15) is 303 Å². The summed E-state index contributed by atoms with van der Waals surface area (Å²) in [4.78, 5) is 58.3. The second-order valence-corrected chi connectivity index (χ2v) is 27.3. The van der Waals surface area contributed by atoms with Gasteiger partial charge >= 0.3 is 33.6 Å². The van der Waals surface area contributed by atoms with Crippen LogP contribution in [0.5, 0.6) is 0 Å². The van der Waals surface area contributed by atoms with E-state index in [1.165, 1.54) is 103 Å². The summed E-state index contributed by atoms with van der Waals surface area (Å²) in [6.07, 6.45) is 76.3. The number of hydrogen-bond acceptors (Lipinski definition) is 14. The smallest absolute Gasteiger partial charge is 0.463 e. The molecule has 0 aliphatic heterocycles. The molecule has 0 aliphatic rings. The van der Waals surface area contributed by atoms with Crippen LogP contribution in [0.2, 0.25) is 0 Å². The van der Waals surface area contributed by atoms with Gasteiger partial charge in [-0.2, -0.15) is 0 Å². The van der Waals surface area contributed by atoms with Crippen molar-refractivity contribution >= 4 is 33.6 Å². The predicted molar refractivity (Wildman–Crippen MR) is 381 cm³/mol. The van der Waals surface area contributed by atoms with Crippen LogP contribution >= 0.6 is 15.6 Å². The molecule has 0 radical (unpaired) electrons. The quantitative estimate of drug-likeness (QED) is 0.0146. The number of unbranched alkanes of at least 4 members (excludes halogenated alkanes) is 30. The number of aliphatic hydroxyl groups is 2. The Kier molecular flexibility index (Phi) is 65.8. The minimum Gasteiger partial charge on any atom is -0.463 e. The number of carbonyl (C=O) groups excluding carboxylic acids is 3. The first-order valence-electron chi connectivity index (χ1n) is 36.5. The molecular weight excluding hydrogens is 1220 g/mol. The maximum absolute atomic E-state index is 12.9. The van der Waals surface area contributed by atoms with Crippen molar-refractivity contribution in [2.24, 2.45) is 0 Å². The summed E-state index contributed by atoms with van der Waals surface area (Å²) >= 11 is 0. The lowest BCUT2D eigenvalue weighted by atomic mass is 10.0. The molecule has 0 aromatic rings. The molecule has 16 nitrogen and oxygen atoms in total. The molecule has 0 aromatic heterocycles. The molecule has 0 amide bonds. The maximum atomic E-state index is 12.9. The third kappa shape index (κ3) is 69.6. The third-order valence-corrected chi connectivity index (χ3v) is 17.1. The van der Waals surface area contributed by atoms with Gasteiger partial charge in [0, 0.05) is 19.3 Å². The second kappa shape index (κ2) is 68.4.